The van der Waals surface area contributed by atoms with Gasteiger partial charge in [-0.1, -0.05) is 18.2 Å². The molecule has 0 spiro atoms. The van der Waals surface area contributed by atoms with Crippen molar-refractivity contribution in [1.82, 2.24) is 24.6 Å². The van der Waals surface area contributed by atoms with E-state index in [1.807, 2.05) is 24.3 Å². The van der Waals surface area contributed by atoms with Crippen LogP contribution in [-0.4, -0.2) is 36.8 Å². The van der Waals surface area contributed by atoms with Gasteiger partial charge in [0.1, 0.15) is 11.9 Å². The van der Waals surface area contributed by atoms with Crippen molar-refractivity contribution in [3.8, 4) is 34.5 Å². The van der Waals surface area contributed by atoms with E-state index in [1.54, 1.807) is 36.5 Å². The van der Waals surface area contributed by atoms with Gasteiger partial charge in [-0.15, -0.1) is 5.10 Å². The number of pyridine rings is 1. The molecule has 0 radical (unpaired) electrons. The minimum Gasteiger partial charge on any atom is -0.504 e. The van der Waals surface area contributed by atoms with Crippen molar-refractivity contribution >= 4 is 16.6 Å². The monoisotopic (exact) mass is 491 g/mol. The van der Waals surface area contributed by atoms with Crippen LogP contribution < -0.4 is 15.1 Å². The van der Waals surface area contributed by atoms with Gasteiger partial charge in [-0.3, -0.25) is 4.98 Å². The zero-order chi connectivity index (χ0) is 25.1. The summed E-state index contributed by atoms with van der Waals surface area (Å²) >= 11 is 0. The Morgan fingerprint density at radius 3 is 2.70 bits per heavy atom. The molecule has 37 heavy (non-hydrogen) atoms. The number of aromatic nitrogens is 5. The lowest BCUT2D eigenvalue weighted by Crippen LogP contribution is -2.23. The van der Waals surface area contributed by atoms with Gasteiger partial charge < -0.3 is 19.0 Å². The van der Waals surface area contributed by atoms with Crippen LogP contribution in [0.5, 0.6) is 23.1 Å². The first-order valence-corrected chi connectivity index (χ1v) is 11.4. The number of phenols is 1. The Kier molecular flexibility index (Phi) is 4.49. The molecule has 5 heterocycles. The fraction of sp³-hybridized carbons (Fsp3) is 0.0741. The van der Waals surface area contributed by atoms with Crippen LogP contribution in [0.25, 0.3) is 28.0 Å². The number of aromatic hydroxyl groups is 1. The number of hydrogen-bond acceptors (Lipinski definition) is 9. The molecular weight excluding hydrogens is 474 g/mol. The highest BCUT2D eigenvalue weighted by molar-refractivity contribution is 5.86. The molecule has 4 aromatic heterocycles. The van der Waals surface area contributed by atoms with E-state index in [4.69, 9.17) is 18.9 Å². The minimum atomic E-state index is -0.668. The van der Waals surface area contributed by atoms with Crippen molar-refractivity contribution in [3.63, 3.8) is 0 Å². The van der Waals surface area contributed by atoms with E-state index in [9.17, 15) is 9.90 Å². The molecule has 0 fully saturated rings. The largest absolute Gasteiger partial charge is 0.504 e. The first kappa shape index (κ1) is 21.1. The molecule has 1 N–H and O–H groups in total. The average Bonchev–Trinajstić information content (AvgIpc) is 3.37. The maximum absolute atomic E-state index is 13.4. The Bertz CT molecular complexity index is 1900. The molecule has 1 unspecified atom stereocenters. The number of hydrogen-bond donors (Lipinski definition) is 1. The summed E-state index contributed by atoms with van der Waals surface area (Å²) in [6.07, 6.45) is 3.16. The maximum atomic E-state index is 13.4. The van der Waals surface area contributed by atoms with Crippen LogP contribution in [0.1, 0.15) is 22.7 Å². The van der Waals surface area contributed by atoms with Gasteiger partial charge in [-0.05, 0) is 42.5 Å². The number of rotatable bonds is 3. The number of methoxy groups -OCH3 is 1. The highest BCUT2D eigenvalue weighted by Gasteiger charge is 2.38. The summed E-state index contributed by atoms with van der Waals surface area (Å²) in [5, 5.41) is 15.5. The summed E-state index contributed by atoms with van der Waals surface area (Å²) in [4.78, 5) is 27.2. The molecule has 1 aliphatic heterocycles. The molecule has 2 aromatic carbocycles. The Morgan fingerprint density at radius 2 is 1.89 bits per heavy atom. The molecule has 7 rings (SSSR count). The van der Waals surface area contributed by atoms with Crippen molar-refractivity contribution in [3.05, 3.63) is 100 Å². The SMILES string of the molecule is COc1ccc(-c2nc3c4c(ncn3n2)Oc2c(c(=O)oc3ccccc23)C4c2ccccn2)cc1O. The molecule has 0 aliphatic carbocycles. The minimum absolute atomic E-state index is 0.0351. The van der Waals surface area contributed by atoms with E-state index in [1.165, 1.54) is 24.0 Å². The van der Waals surface area contributed by atoms with Gasteiger partial charge in [0.15, 0.2) is 28.7 Å². The van der Waals surface area contributed by atoms with Gasteiger partial charge in [0.25, 0.3) is 0 Å². The topological polar surface area (TPSA) is 125 Å². The second-order valence-electron chi connectivity index (χ2n) is 8.47. The molecule has 6 aromatic rings. The first-order valence-electron chi connectivity index (χ1n) is 11.4. The van der Waals surface area contributed by atoms with E-state index in [2.05, 4.69) is 15.1 Å². The molecule has 0 bridgehead atoms. The van der Waals surface area contributed by atoms with Gasteiger partial charge in [-0.25, -0.2) is 19.3 Å². The van der Waals surface area contributed by atoms with Crippen molar-refractivity contribution in [2.75, 3.05) is 7.11 Å². The molecule has 1 aliphatic rings. The lowest BCUT2D eigenvalue weighted by Gasteiger charge is -2.26. The standard InChI is InChI=1S/C27H17N5O5/c1-35-19-10-9-14(12-17(19)33)24-30-25-22-20(16-7-4-5-11-28-16)21-23(37-26(22)29-13-32(25)31-24)15-6-2-3-8-18(15)36-27(21)34/h2-13,20,33H,1H3. The summed E-state index contributed by atoms with van der Waals surface area (Å²) in [6, 6.07) is 17.6. The van der Waals surface area contributed by atoms with Crippen LogP contribution in [-0.2, 0) is 0 Å². The van der Waals surface area contributed by atoms with Crippen LogP contribution in [0.15, 0.2) is 82.4 Å². The zero-order valence-electron chi connectivity index (χ0n) is 19.3. The van der Waals surface area contributed by atoms with E-state index < -0.39 is 11.5 Å². The lowest BCUT2D eigenvalue weighted by atomic mass is 9.87. The van der Waals surface area contributed by atoms with Crippen LogP contribution in [0.4, 0.5) is 0 Å². The van der Waals surface area contributed by atoms with Crippen LogP contribution >= 0.6 is 0 Å². The van der Waals surface area contributed by atoms with Gasteiger partial charge >= 0.3 is 5.63 Å². The smallest absolute Gasteiger partial charge is 0.344 e. The molecule has 1 atom stereocenters. The third kappa shape index (κ3) is 3.16. The van der Waals surface area contributed by atoms with Crippen LogP contribution in [0.3, 0.4) is 0 Å². The average molecular weight is 491 g/mol. The molecule has 180 valence electrons. The predicted octanol–water partition coefficient (Wildman–Crippen LogP) is 4.29. The molecule has 10 nitrogen and oxygen atoms in total. The highest BCUT2D eigenvalue weighted by atomic mass is 16.5. The molecule has 0 saturated carbocycles. The summed E-state index contributed by atoms with van der Waals surface area (Å²) in [7, 11) is 1.48. The van der Waals surface area contributed by atoms with Gasteiger partial charge in [0, 0.05) is 11.8 Å². The van der Waals surface area contributed by atoms with E-state index >= 15 is 0 Å². The molecule has 0 amide bonds. The zero-order valence-corrected chi connectivity index (χ0v) is 19.3. The molecule has 0 saturated heterocycles. The Hall–Kier alpha value is -5.25. The number of phenolic OH excluding ortho intramolecular Hbond substituents is 1. The second-order valence-corrected chi connectivity index (χ2v) is 8.47. The maximum Gasteiger partial charge on any atom is 0.344 e. The number of para-hydroxylation sites is 1. The van der Waals surface area contributed by atoms with Gasteiger partial charge in [0.2, 0.25) is 5.88 Å². The Labute approximate surface area is 208 Å². The number of fused-ring (bicyclic) bond motifs is 6. The fourth-order valence-corrected chi connectivity index (χ4v) is 4.72. The number of ether oxygens (including phenoxy) is 2. The fourth-order valence-electron chi connectivity index (χ4n) is 4.72. The van der Waals surface area contributed by atoms with E-state index in [0.29, 0.717) is 62.2 Å². The highest BCUT2D eigenvalue weighted by Crippen LogP contribution is 2.48. The Morgan fingerprint density at radius 1 is 1.03 bits per heavy atom. The molecule has 10 heteroatoms. The van der Waals surface area contributed by atoms with Crippen molar-refractivity contribution < 1.29 is 19.0 Å². The van der Waals surface area contributed by atoms with Crippen LogP contribution in [0.2, 0.25) is 0 Å². The summed E-state index contributed by atoms with van der Waals surface area (Å²) in [5.74, 6) is 0.662. The summed E-state index contributed by atoms with van der Waals surface area (Å²) in [6.45, 7) is 0. The third-order valence-electron chi connectivity index (χ3n) is 6.38. The molecular formula is C27H17N5O5. The second kappa shape index (κ2) is 7.89. The van der Waals surface area contributed by atoms with E-state index in [-0.39, 0.29) is 5.75 Å². The normalized spacial score (nSPS) is 14.2. The predicted molar refractivity (Wildman–Crippen MR) is 132 cm³/mol. The van der Waals surface area contributed by atoms with Crippen molar-refractivity contribution in [1.29, 1.82) is 0 Å². The van der Waals surface area contributed by atoms with E-state index in [0.717, 1.165) is 0 Å². The first-order chi connectivity index (χ1) is 18.1. The van der Waals surface area contributed by atoms with Crippen molar-refractivity contribution in [2.24, 2.45) is 0 Å². The lowest BCUT2D eigenvalue weighted by molar-refractivity contribution is 0.373. The van der Waals surface area contributed by atoms with Crippen molar-refractivity contribution in [2.45, 2.75) is 5.92 Å². The summed E-state index contributed by atoms with van der Waals surface area (Å²) < 4.78 is 18.6. The van der Waals surface area contributed by atoms with Crippen LogP contribution in [0, 0.1) is 0 Å². The van der Waals surface area contributed by atoms with Gasteiger partial charge in [0.05, 0.1) is 35.2 Å². The number of nitrogens with zero attached hydrogens (tertiary/aromatic N) is 5. The Balaban J connectivity index is 1.51. The third-order valence-corrected chi connectivity index (χ3v) is 6.38. The quantitative estimate of drug-likeness (QED) is 0.360. The van der Waals surface area contributed by atoms with Gasteiger partial charge in [-0.2, -0.15) is 0 Å². The summed E-state index contributed by atoms with van der Waals surface area (Å²) in [5.41, 5.74) is 2.35. The number of benzene rings is 2.